The van der Waals surface area contributed by atoms with Gasteiger partial charge in [0.05, 0.1) is 17.6 Å². The first-order valence-corrected chi connectivity index (χ1v) is 10.2. The van der Waals surface area contributed by atoms with Crippen LogP contribution in [0.4, 0.5) is 0 Å². The molecule has 0 bridgehead atoms. The molecule has 1 aromatic carbocycles. The van der Waals surface area contributed by atoms with Crippen LogP contribution in [0.5, 0.6) is 0 Å². The summed E-state index contributed by atoms with van der Waals surface area (Å²) in [7, 11) is -3.67. The predicted octanol–water partition coefficient (Wildman–Crippen LogP) is 1.43. The molecule has 142 valence electrons. The van der Waals surface area contributed by atoms with E-state index in [-0.39, 0.29) is 17.5 Å². The number of hydrogen-bond donors (Lipinski definition) is 1. The van der Waals surface area contributed by atoms with E-state index in [4.69, 9.17) is 9.15 Å². The molecule has 3 rings (SSSR count). The molecule has 0 radical (unpaired) electrons. The number of morpholine rings is 1. The molecular formula is C18H24N2O5S. The van der Waals surface area contributed by atoms with Crippen LogP contribution in [-0.4, -0.2) is 52.2 Å². The maximum atomic E-state index is 12.6. The number of sulfonamides is 1. The van der Waals surface area contributed by atoms with E-state index in [0.717, 1.165) is 13.1 Å². The van der Waals surface area contributed by atoms with Gasteiger partial charge in [-0.25, -0.2) is 17.9 Å². The highest BCUT2D eigenvalue weighted by molar-refractivity contribution is 7.89. The fraction of sp³-hybridized carbons (Fsp3) is 0.500. The molecule has 1 fully saturated rings. The number of rotatable bonds is 6. The SMILES string of the molecule is CC(C)CN1CCOC(CNS(=O)(=O)c2ccc3oc(=O)ccc3c2)C1. The summed E-state index contributed by atoms with van der Waals surface area (Å²) in [4.78, 5) is 13.7. The van der Waals surface area contributed by atoms with E-state index in [2.05, 4.69) is 23.5 Å². The molecule has 2 heterocycles. The first-order chi connectivity index (χ1) is 12.3. The third-order valence-corrected chi connectivity index (χ3v) is 5.67. The van der Waals surface area contributed by atoms with Crippen molar-refractivity contribution < 1.29 is 17.6 Å². The van der Waals surface area contributed by atoms with Crippen LogP contribution >= 0.6 is 0 Å². The molecule has 0 saturated carbocycles. The van der Waals surface area contributed by atoms with Crippen LogP contribution in [0.2, 0.25) is 0 Å². The zero-order valence-electron chi connectivity index (χ0n) is 15.0. The van der Waals surface area contributed by atoms with Gasteiger partial charge in [-0.1, -0.05) is 13.8 Å². The van der Waals surface area contributed by atoms with E-state index >= 15 is 0 Å². The summed E-state index contributed by atoms with van der Waals surface area (Å²) < 4.78 is 38.5. The molecular weight excluding hydrogens is 356 g/mol. The second-order valence-corrected chi connectivity index (χ2v) is 8.72. The average molecular weight is 380 g/mol. The van der Waals surface area contributed by atoms with Gasteiger partial charge < -0.3 is 9.15 Å². The molecule has 1 aromatic heterocycles. The van der Waals surface area contributed by atoms with Crippen LogP contribution in [0.25, 0.3) is 11.0 Å². The molecule has 2 aromatic rings. The van der Waals surface area contributed by atoms with Crippen LogP contribution in [0.1, 0.15) is 13.8 Å². The van der Waals surface area contributed by atoms with Gasteiger partial charge in [-0.2, -0.15) is 0 Å². The van der Waals surface area contributed by atoms with E-state index in [0.29, 0.717) is 30.0 Å². The van der Waals surface area contributed by atoms with Crippen molar-refractivity contribution in [2.24, 2.45) is 5.92 Å². The first kappa shape index (κ1) is 19.0. The molecule has 1 atom stereocenters. The lowest BCUT2D eigenvalue weighted by Crippen LogP contribution is -2.48. The lowest BCUT2D eigenvalue weighted by molar-refractivity contribution is -0.0280. The molecule has 0 amide bonds. The first-order valence-electron chi connectivity index (χ1n) is 8.71. The zero-order valence-corrected chi connectivity index (χ0v) is 15.8. The Hall–Kier alpha value is -1.74. The lowest BCUT2D eigenvalue weighted by Gasteiger charge is -2.33. The largest absolute Gasteiger partial charge is 0.423 e. The van der Waals surface area contributed by atoms with Crippen molar-refractivity contribution in [2.75, 3.05) is 32.8 Å². The summed E-state index contributed by atoms with van der Waals surface area (Å²) in [5.41, 5.74) is -0.108. The summed E-state index contributed by atoms with van der Waals surface area (Å²) in [6.07, 6.45) is -0.171. The molecule has 1 aliphatic rings. The highest BCUT2D eigenvalue weighted by Crippen LogP contribution is 2.18. The normalized spacial score (nSPS) is 19.3. The summed E-state index contributed by atoms with van der Waals surface area (Å²) >= 11 is 0. The minimum atomic E-state index is -3.67. The minimum Gasteiger partial charge on any atom is -0.423 e. The van der Waals surface area contributed by atoms with Crippen molar-refractivity contribution in [2.45, 2.75) is 24.8 Å². The van der Waals surface area contributed by atoms with Gasteiger partial charge in [0.25, 0.3) is 0 Å². The topological polar surface area (TPSA) is 88.8 Å². The number of nitrogens with zero attached hydrogens (tertiary/aromatic N) is 1. The van der Waals surface area contributed by atoms with Crippen molar-refractivity contribution in [1.82, 2.24) is 9.62 Å². The third-order valence-electron chi connectivity index (χ3n) is 4.25. The van der Waals surface area contributed by atoms with Crippen LogP contribution in [-0.2, 0) is 14.8 Å². The smallest absolute Gasteiger partial charge is 0.336 e. The second-order valence-electron chi connectivity index (χ2n) is 6.95. The van der Waals surface area contributed by atoms with E-state index in [1.165, 1.54) is 24.3 Å². The molecule has 0 spiro atoms. The third kappa shape index (κ3) is 4.70. The Morgan fingerprint density at radius 1 is 1.27 bits per heavy atom. The zero-order chi connectivity index (χ0) is 18.7. The van der Waals surface area contributed by atoms with Crippen LogP contribution < -0.4 is 10.3 Å². The van der Waals surface area contributed by atoms with Crippen molar-refractivity contribution >= 4 is 21.0 Å². The van der Waals surface area contributed by atoms with E-state index in [1.807, 2.05) is 0 Å². The van der Waals surface area contributed by atoms with Crippen molar-refractivity contribution in [3.8, 4) is 0 Å². The molecule has 1 N–H and O–H groups in total. The number of fused-ring (bicyclic) bond motifs is 1. The molecule has 8 heteroatoms. The van der Waals surface area contributed by atoms with Gasteiger partial charge in [0.2, 0.25) is 10.0 Å². The molecule has 26 heavy (non-hydrogen) atoms. The van der Waals surface area contributed by atoms with Crippen molar-refractivity contribution in [1.29, 1.82) is 0 Å². The van der Waals surface area contributed by atoms with Crippen molar-refractivity contribution in [3.05, 3.63) is 40.8 Å². The van der Waals surface area contributed by atoms with E-state index in [1.54, 1.807) is 6.07 Å². The number of hydrogen-bond acceptors (Lipinski definition) is 6. The van der Waals surface area contributed by atoms with Gasteiger partial charge in [-0.15, -0.1) is 0 Å². The fourth-order valence-electron chi connectivity index (χ4n) is 3.09. The lowest BCUT2D eigenvalue weighted by atomic mass is 10.2. The summed E-state index contributed by atoms with van der Waals surface area (Å²) in [6.45, 7) is 7.71. The standard InChI is InChI=1S/C18H24N2O5S/c1-13(2)11-20-7-8-24-15(12-20)10-19-26(22,23)16-4-5-17-14(9-16)3-6-18(21)25-17/h3-6,9,13,15,19H,7-8,10-12H2,1-2H3. The van der Waals surface area contributed by atoms with E-state index in [9.17, 15) is 13.2 Å². The van der Waals surface area contributed by atoms with Crippen LogP contribution in [0.3, 0.4) is 0 Å². The Labute approximate surface area is 153 Å². The number of nitrogens with one attached hydrogen (secondary N) is 1. The monoisotopic (exact) mass is 380 g/mol. The van der Waals surface area contributed by atoms with Gasteiger partial charge in [0.15, 0.2) is 0 Å². The Balaban J connectivity index is 1.67. The fourth-order valence-corrected chi connectivity index (χ4v) is 4.19. The second kappa shape index (κ2) is 7.87. The minimum absolute atomic E-state index is 0.133. The maximum absolute atomic E-state index is 12.6. The Bertz CT molecular complexity index is 923. The maximum Gasteiger partial charge on any atom is 0.336 e. The molecule has 1 unspecified atom stereocenters. The molecule has 1 aliphatic heterocycles. The van der Waals surface area contributed by atoms with Gasteiger partial charge >= 0.3 is 5.63 Å². The van der Waals surface area contributed by atoms with Crippen molar-refractivity contribution in [3.63, 3.8) is 0 Å². The highest BCUT2D eigenvalue weighted by Gasteiger charge is 2.23. The molecule has 7 nitrogen and oxygen atoms in total. The highest BCUT2D eigenvalue weighted by atomic mass is 32.2. The number of benzene rings is 1. The van der Waals surface area contributed by atoms with Gasteiger partial charge in [-0.05, 0) is 30.2 Å². The summed E-state index contributed by atoms with van der Waals surface area (Å²) in [6, 6.07) is 7.24. The summed E-state index contributed by atoms with van der Waals surface area (Å²) in [5.74, 6) is 0.558. The quantitative estimate of drug-likeness (QED) is 0.763. The predicted molar refractivity (Wildman–Crippen MR) is 98.7 cm³/mol. The Kier molecular flexibility index (Phi) is 5.76. The molecule has 0 aliphatic carbocycles. The van der Waals surface area contributed by atoms with Crippen LogP contribution in [0.15, 0.2) is 44.4 Å². The Morgan fingerprint density at radius 3 is 2.85 bits per heavy atom. The average Bonchev–Trinajstić information content (AvgIpc) is 2.59. The number of ether oxygens (including phenoxy) is 1. The Morgan fingerprint density at radius 2 is 2.08 bits per heavy atom. The molecule has 1 saturated heterocycles. The van der Waals surface area contributed by atoms with Crippen LogP contribution in [0, 0.1) is 5.92 Å². The summed E-state index contributed by atoms with van der Waals surface area (Å²) in [5, 5.41) is 0.560. The van der Waals surface area contributed by atoms with Gasteiger partial charge in [0, 0.05) is 37.6 Å². The van der Waals surface area contributed by atoms with Gasteiger partial charge in [-0.3, -0.25) is 4.90 Å². The van der Waals surface area contributed by atoms with Gasteiger partial charge in [0.1, 0.15) is 5.58 Å². The van der Waals surface area contributed by atoms with E-state index < -0.39 is 15.6 Å².